The normalized spacial score (nSPS) is 15.9. The average molecular weight is 494 g/mol. The molecule has 0 aromatic heterocycles. The van der Waals surface area contributed by atoms with Crippen LogP contribution >= 0.6 is 11.6 Å². The molecule has 188 valence electrons. The van der Waals surface area contributed by atoms with Crippen molar-refractivity contribution in [1.29, 1.82) is 0 Å². The van der Waals surface area contributed by atoms with Crippen molar-refractivity contribution >= 4 is 41.2 Å². The van der Waals surface area contributed by atoms with Crippen LogP contribution in [0, 0.1) is 0 Å². The van der Waals surface area contributed by atoms with E-state index in [1.807, 2.05) is 18.9 Å². The van der Waals surface area contributed by atoms with Gasteiger partial charge in [-0.2, -0.15) is 5.10 Å². The lowest BCUT2D eigenvalue weighted by Gasteiger charge is -2.32. The van der Waals surface area contributed by atoms with Crippen LogP contribution in [0.3, 0.4) is 0 Å². The number of likely N-dealkylation sites (tertiary alicyclic amines) is 1. The van der Waals surface area contributed by atoms with E-state index in [4.69, 9.17) is 16.3 Å². The number of nitrogens with one attached hydrogen (secondary N) is 4. The van der Waals surface area contributed by atoms with Crippen LogP contribution in [0.5, 0.6) is 0 Å². The molecule has 0 aliphatic carbocycles. The van der Waals surface area contributed by atoms with Gasteiger partial charge in [0.15, 0.2) is 5.84 Å². The number of ether oxygens (including phenoxy) is 1. The quantitative estimate of drug-likeness (QED) is 0.170. The first-order chi connectivity index (χ1) is 16.4. The van der Waals surface area contributed by atoms with Crippen molar-refractivity contribution in [3.05, 3.63) is 28.8 Å². The van der Waals surface area contributed by atoms with Crippen LogP contribution in [-0.4, -0.2) is 88.3 Å². The molecule has 1 aliphatic rings. The monoisotopic (exact) mass is 493 g/mol. The number of piperidine rings is 1. The third kappa shape index (κ3) is 8.58. The molecule has 2 amide bonds. The number of nitrogens with zero attached hydrogens (tertiary/aromatic N) is 3. The summed E-state index contributed by atoms with van der Waals surface area (Å²) in [7, 11) is 5.20. The molecular weight excluding hydrogens is 458 g/mol. The van der Waals surface area contributed by atoms with Crippen molar-refractivity contribution in [2.45, 2.75) is 38.3 Å². The minimum absolute atomic E-state index is 0.0953. The minimum Gasteiger partial charge on any atom is -0.383 e. The summed E-state index contributed by atoms with van der Waals surface area (Å²) in [5.41, 5.74) is 3.78. The molecule has 1 fully saturated rings. The first kappa shape index (κ1) is 27.6. The fourth-order valence-electron chi connectivity index (χ4n) is 3.49. The highest BCUT2D eigenvalue weighted by Crippen LogP contribution is 2.24. The zero-order chi connectivity index (χ0) is 24.9. The van der Waals surface area contributed by atoms with Crippen molar-refractivity contribution in [1.82, 2.24) is 21.0 Å². The topological polar surface area (TPSA) is 119 Å². The van der Waals surface area contributed by atoms with Crippen molar-refractivity contribution in [2.75, 3.05) is 52.8 Å². The Bertz CT molecular complexity index is 870. The number of rotatable bonds is 10. The van der Waals surface area contributed by atoms with Gasteiger partial charge in [0.25, 0.3) is 11.8 Å². The summed E-state index contributed by atoms with van der Waals surface area (Å²) >= 11 is 6.40. The van der Waals surface area contributed by atoms with Gasteiger partial charge in [-0.05, 0) is 45.0 Å². The van der Waals surface area contributed by atoms with Gasteiger partial charge in [-0.3, -0.25) is 14.6 Å². The summed E-state index contributed by atoms with van der Waals surface area (Å²) in [6.45, 7) is 4.46. The molecule has 0 bridgehead atoms. The molecule has 1 aliphatic heterocycles. The zero-order valence-corrected chi connectivity index (χ0v) is 21.1. The molecule has 2 rings (SSSR count). The number of aliphatic imine (C=N–C) groups is 1. The molecule has 1 saturated heterocycles. The second kappa shape index (κ2) is 14.5. The standard InChI is InChI=1S/C23H36ClN7O3/c1-16(7-10-27-28-11-14-34-4)29-21(26-3)22(32)30-18-5-6-19(20(24)15-18)23(33)31-12-8-17(25-2)9-13-31/h5-6,10,15-17,25,28H,7-9,11-14H2,1-4H3,(H,26,29)(H,30,32)/b27-10-. The van der Waals surface area contributed by atoms with Crippen LogP contribution in [0.25, 0.3) is 0 Å². The van der Waals surface area contributed by atoms with Crippen LogP contribution in [0.2, 0.25) is 5.02 Å². The molecule has 0 spiro atoms. The number of hydrazone groups is 1. The van der Waals surface area contributed by atoms with Gasteiger partial charge in [0.05, 0.1) is 29.8 Å². The third-order valence-electron chi connectivity index (χ3n) is 5.50. The maximum absolute atomic E-state index is 12.9. The highest BCUT2D eigenvalue weighted by Gasteiger charge is 2.24. The van der Waals surface area contributed by atoms with E-state index >= 15 is 0 Å². The van der Waals surface area contributed by atoms with E-state index in [-0.39, 0.29) is 17.8 Å². The fourth-order valence-corrected chi connectivity index (χ4v) is 3.75. The van der Waals surface area contributed by atoms with Gasteiger partial charge in [0, 0.05) is 51.6 Å². The summed E-state index contributed by atoms with van der Waals surface area (Å²) < 4.78 is 4.93. The molecule has 1 heterocycles. The maximum Gasteiger partial charge on any atom is 0.290 e. The number of amidine groups is 1. The van der Waals surface area contributed by atoms with Crippen LogP contribution in [0.15, 0.2) is 28.3 Å². The minimum atomic E-state index is -0.395. The summed E-state index contributed by atoms with van der Waals surface area (Å²) in [5.74, 6) is -0.298. The van der Waals surface area contributed by atoms with Gasteiger partial charge in [0.2, 0.25) is 0 Å². The van der Waals surface area contributed by atoms with Gasteiger partial charge in [-0.15, -0.1) is 0 Å². The highest BCUT2D eigenvalue weighted by molar-refractivity contribution is 6.42. The second-order valence-electron chi connectivity index (χ2n) is 8.03. The number of likely N-dealkylation sites (N-methyl/N-ethyl adjacent to an activating group) is 1. The van der Waals surface area contributed by atoms with Crippen molar-refractivity contribution < 1.29 is 14.3 Å². The van der Waals surface area contributed by atoms with Gasteiger partial charge in [-0.25, -0.2) is 0 Å². The van der Waals surface area contributed by atoms with Gasteiger partial charge in [-0.1, -0.05) is 11.6 Å². The lowest BCUT2D eigenvalue weighted by molar-refractivity contribution is -0.110. The van der Waals surface area contributed by atoms with E-state index in [1.54, 1.807) is 38.6 Å². The number of halogens is 1. The van der Waals surface area contributed by atoms with Crippen LogP contribution in [-0.2, 0) is 9.53 Å². The van der Waals surface area contributed by atoms with Gasteiger partial charge >= 0.3 is 0 Å². The Morgan fingerprint density at radius 2 is 2.03 bits per heavy atom. The van der Waals surface area contributed by atoms with E-state index in [1.165, 1.54) is 0 Å². The highest BCUT2D eigenvalue weighted by atomic mass is 35.5. The van der Waals surface area contributed by atoms with Crippen LogP contribution < -0.4 is 21.4 Å². The lowest BCUT2D eigenvalue weighted by Crippen LogP contribution is -2.44. The Morgan fingerprint density at radius 3 is 2.65 bits per heavy atom. The lowest BCUT2D eigenvalue weighted by atomic mass is 10.0. The SMILES string of the molecule is CN/C(=N\C(C)C/C=N\NCCOC)C(=O)Nc1ccc(C(=O)N2CCC(NC)CC2)c(Cl)c1. The van der Waals surface area contributed by atoms with Gasteiger partial charge in [0.1, 0.15) is 0 Å². The molecule has 34 heavy (non-hydrogen) atoms. The molecule has 1 aromatic rings. The van der Waals surface area contributed by atoms with E-state index in [0.717, 1.165) is 12.8 Å². The first-order valence-corrected chi connectivity index (χ1v) is 11.8. The Morgan fingerprint density at radius 1 is 1.29 bits per heavy atom. The summed E-state index contributed by atoms with van der Waals surface area (Å²) in [6, 6.07) is 5.19. The molecule has 4 N–H and O–H groups in total. The van der Waals surface area contributed by atoms with E-state index in [2.05, 4.69) is 31.5 Å². The number of carbonyl (C=O) groups is 2. The van der Waals surface area contributed by atoms with Crippen LogP contribution in [0.4, 0.5) is 5.69 Å². The number of hydrogen-bond acceptors (Lipinski definition) is 7. The largest absolute Gasteiger partial charge is 0.383 e. The Hall–Kier alpha value is -2.69. The van der Waals surface area contributed by atoms with Crippen molar-refractivity contribution in [3.63, 3.8) is 0 Å². The Kier molecular flexibility index (Phi) is 11.8. The molecule has 1 atom stereocenters. The smallest absolute Gasteiger partial charge is 0.290 e. The molecule has 1 aromatic carbocycles. The molecule has 0 radical (unpaired) electrons. The summed E-state index contributed by atoms with van der Waals surface area (Å²) in [4.78, 5) is 31.8. The number of anilines is 1. The van der Waals surface area contributed by atoms with Crippen molar-refractivity contribution in [2.24, 2.45) is 10.1 Å². The summed E-state index contributed by atoms with van der Waals surface area (Å²) in [6.07, 6.45) is 4.10. The average Bonchev–Trinajstić information content (AvgIpc) is 2.84. The molecule has 1 unspecified atom stereocenters. The summed E-state index contributed by atoms with van der Waals surface area (Å²) in [5, 5.41) is 13.2. The second-order valence-corrected chi connectivity index (χ2v) is 8.44. The predicted molar refractivity (Wildman–Crippen MR) is 137 cm³/mol. The van der Waals surface area contributed by atoms with E-state index < -0.39 is 5.91 Å². The van der Waals surface area contributed by atoms with E-state index in [9.17, 15) is 9.59 Å². The third-order valence-corrected chi connectivity index (χ3v) is 5.81. The van der Waals surface area contributed by atoms with Crippen LogP contribution in [0.1, 0.15) is 36.5 Å². The number of amides is 2. The Labute approximate surface area is 206 Å². The number of hydrogen-bond donors (Lipinski definition) is 4. The molecule has 0 saturated carbocycles. The predicted octanol–water partition coefficient (Wildman–Crippen LogP) is 1.72. The Balaban J connectivity index is 1.94. The molecule has 11 heteroatoms. The fraction of sp³-hybridized carbons (Fsp3) is 0.565. The zero-order valence-electron chi connectivity index (χ0n) is 20.4. The maximum atomic E-state index is 12.9. The number of benzene rings is 1. The van der Waals surface area contributed by atoms with Crippen molar-refractivity contribution in [3.8, 4) is 0 Å². The molecular formula is C23H36ClN7O3. The number of carbonyl (C=O) groups excluding carboxylic acids is 2. The molecule has 10 nitrogen and oxygen atoms in total. The van der Waals surface area contributed by atoms with Gasteiger partial charge < -0.3 is 31.0 Å². The number of methoxy groups -OCH3 is 1. The first-order valence-electron chi connectivity index (χ1n) is 11.5. The van der Waals surface area contributed by atoms with E-state index in [0.29, 0.717) is 55.0 Å².